The smallest absolute Gasteiger partial charge is 0.221 e. The maximum Gasteiger partial charge on any atom is 0.221 e. The van der Waals surface area contributed by atoms with Crippen LogP contribution in [0.1, 0.15) is 30.5 Å². The molecule has 1 saturated heterocycles. The number of amides is 1. The monoisotopic (exact) mass is 532 g/mol. The SMILES string of the molecule is CC(=O)Nc1ccc(N2C(=S)N[C@H](c3ccccn3)[C@@H]2c2ccc(-c3ccc(Br)cc3)o2)cc1. The second-order valence-electron chi connectivity index (χ2n) is 7.93. The topological polar surface area (TPSA) is 70.4 Å². The van der Waals surface area contributed by atoms with Crippen LogP contribution < -0.4 is 15.5 Å². The van der Waals surface area contributed by atoms with Crippen molar-refractivity contribution in [2.45, 2.75) is 19.0 Å². The number of carbonyl (C=O) groups excluding carboxylic acids is 1. The third-order valence-electron chi connectivity index (χ3n) is 5.61. The molecule has 5 rings (SSSR count). The highest BCUT2D eigenvalue weighted by atomic mass is 79.9. The molecular formula is C26H21BrN4O2S. The molecule has 6 nitrogen and oxygen atoms in total. The van der Waals surface area contributed by atoms with Gasteiger partial charge in [0.05, 0.1) is 11.7 Å². The van der Waals surface area contributed by atoms with E-state index in [0.717, 1.165) is 38.6 Å². The van der Waals surface area contributed by atoms with Crippen molar-refractivity contribution in [3.05, 3.63) is 101 Å². The molecule has 3 heterocycles. The highest BCUT2D eigenvalue weighted by Gasteiger charge is 2.42. The van der Waals surface area contributed by atoms with E-state index in [9.17, 15) is 4.79 Å². The Labute approximate surface area is 211 Å². The number of anilines is 2. The third-order valence-corrected chi connectivity index (χ3v) is 6.45. The van der Waals surface area contributed by atoms with E-state index >= 15 is 0 Å². The standard InChI is InChI=1S/C26H21BrN4O2S/c1-16(32)29-19-9-11-20(12-10-19)31-25(24(30-26(31)34)21-4-2-3-15-28-21)23-14-13-22(33-23)17-5-7-18(27)8-6-17/h2-15,24-25H,1H3,(H,29,32)(H,30,34)/t24-,25+/m1/s1. The number of pyridine rings is 1. The Bertz CT molecular complexity index is 1320. The first-order valence-electron chi connectivity index (χ1n) is 10.7. The number of rotatable bonds is 5. The van der Waals surface area contributed by atoms with Gasteiger partial charge in [0.25, 0.3) is 0 Å². The molecule has 0 saturated carbocycles. The lowest BCUT2D eigenvalue weighted by molar-refractivity contribution is -0.114. The Morgan fingerprint density at radius 1 is 1.06 bits per heavy atom. The molecule has 0 unspecified atom stereocenters. The van der Waals surface area contributed by atoms with Crippen molar-refractivity contribution in [1.82, 2.24) is 10.3 Å². The average Bonchev–Trinajstić information content (AvgIpc) is 3.45. The molecule has 34 heavy (non-hydrogen) atoms. The van der Waals surface area contributed by atoms with Crippen LogP contribution in [0.25, 0.3) is 11.3 Å². The number of furan rings is 1. The van der Waals surface area contributed by atoms with Gasteiger partial charge in [-0.1, -0.05) is 34.1 Å². The molecule has 0 radical (unpaired) electrons. The highest BCUT2D eigenvalue weighted by Crippen LogP contribution is 2.43. The van der Waals surface area contributed by atoms with Gasteiger partial charge in [0.2, 0.25) is 5.91 Å². The summed E-state index contributed by atoms with van der Waals surface area (Å²) in [5.74, 6) is 1.43. The van der Waals surface area contributed by atoms with Gasteiger partial charge in [-0.15, -0.1) is 0 Å². The molecule has 1 aliphatic rings. The van der Waals surface area contributed by atoms with E-state index in [2.05, 4.69) is 31.5 Å². The van der Waals surface area contributed by atoms with Crippen LogP contribution in [0, 0.1) is 0 Å². The average molecular weight is 533 g/mol. The minimum atomic E-state index is -0.252. The summed E-state index contributed by atoms with van der Waals surface area (Å²) in [6, 6.07) is 25.0. The quantitative estimate of drug-likeness (QED) is 0.296. The number of thiocarbonyl (C=S) groups is 1. The summed E-state index contributed by atoms with van der Waals surface area (Å²) in [6.45, 7) is 1.49. The molecule has 2 aromatic heterocycles. The normalized spacial score (nSPS) is 17.5. The largest absolute Gasteiger partial charge is 0.459 e. The molecule has 0 spiro atoms. The number of hydrogen-bond acceptors (Lipinski definition) is 4. The van der Waals surface area contributed by atoms with Crippen LogP contribution in [-0.2, 0) is 4.79 Å². The fraction of sp³-hybridized carbons (Fsp3) is 0.115. The molecule has 1 aliphatic heterocycles. The number of aromatic nitrogens is 1. The summed E-state index contributed by atoms with van der Waals surface area (Å²) in [6.07, 6.45) is 1.78. The van der Waals surface area contributed by atoms with Crippen LogP contribution in [0.5, 0.6) is 0 Å². The molecule has 170 valence electrons. The first kappa shape index (κ1) is 22.3. The molecule has 8 heteroatoms. The van der Waals surface area contributed by atoms with E-state index in [1.807, 2.05) is 83.8 Å². The van der Waals surface area contributed by atoms with Crippen molar-refractivity contribution >= 4 is 50.5 Å². The van der Waals surface area contributed by atoms with Crippen molar-refractivity contribution in [2.75, 3.05) is 10.2 Å². The predicted octanol–water partition coefficient (Wildman–Crippen LogP) is 6.24. The molecule has 2 N–H and O–H groups in total. The van der Waals surface area contributed by atoms with Gasteiger partial charge in [0.1, 0.15) is 17.6 Å². The van der Waals surface area contributed by atoms with Crippen LogP contribution in [0.15, 0.2) is 93.9 Å². The van der Waals surface area contributed by atoms with Crippen LogP contribution >= 0.6 is 28.1 Å². The van der Waals surface area contributed by atoms with E-state index in [0.29, 0.717) is 5.11 Å². The number of benzene rings is 2. The maximum absolute atomic E-state index is 11.4. The fourth-order valence-electron chi connectivity index (χ4n) is 4.11. The minimum Gasteiger partial charge on any atom is -0.459 e. The second-order valence-corrected chi connectivity index (χ2v) is 9.24. The van der Waals surface area contributed by atoms with Crippen LogP contribution in [0.3, 0.4) is 0 Å². The van der Waals surface area contributed by atoms with Gasteiger partial charge < -0.3 is 20.0 Å². The Hall–Kier alpha value is -3.49. The minimum absolute atomic E-state index is 0.116. The van der Waals surface area contributed by atoms with Crippen molar-refractivity contribution in [3.63, 3.8) is 0 Å². The first-order valence-corrected chi connectivity index (χ1v) is 11.9. The Morgan fingerprint density at radius 2 is 1.82 bits per heavy atom. The van der Waals surface area contributed by atoms with Gasteiger partial charge in [-0.05, 0) is 72.9 Å². The van der Waals surface area contributed by atoms with Gasteiger partial charge in [-0.3, -0.25) is 9.78 Å². The van der Waals surface area contributed by atoms with Crippen molar-refractivity contribution in [2.24, 2.45) is 0 Å². The van der Waals surface area contributed by atoms with Crippen LogP contribution in [0.4, 0.5) is 11.4 Å². The summed E-state index contributed by atoms with van der Waals surface area (Å²) in [5, 5.41) is 6.81. The molecule has 1 fully saturated rings. The Morgan fingerprint density at radius 3 is 2.50 bits per heavy atom. The zero-order chi connectivity index (χ0) is 23.7. The zero-order valence-electron chi connectivity index (χ0n) is 18.2. The van der Waals surface area contributed by atoms with E-state index < -0.39 is 0 Å². The van der Waals surface area contributed by atoms with Gasteiger partial charge in [0, 0.05) is 34.5 Å². The summed E-state index contributed by atoms with van der Waals surface area (Å²) >= 11 is 9.24. The summed E-state index contributed by atoms with van der Waals surface area (Å²) < 4.78 is 7.39. The van der Waals surface area contributed by atoms with Gasteiger partial charge in [-0.2, -0.15) is 0 Å². The van der Waals surface area contributed by atoms with Crippen LogP contribution in [-0.4, -0.2) is 16.0 Å². The van der Waals surface area contributed by atoms with E-state index in [-0.39, 0.29) is 18.0 Å². The molecule has 0 aliphatic carbocycles. The summed E-state index contributed by atoms with van der Waals surface area (Å²) in [7, 11) is 0. The molecule has 2 aromatic carbocycles. The van der Waals surface area contributed by atoms with Gasteiger partial charge >= 0.3 is 0 Å². The Balaban J connectivity index is 1.55. The second kappa shape index (κ2) is 9.40. The van der Waals surface area contributed by atoms with Gasteiger partial charge in [0.15, 0.2) is 5.11 Å². The molecule has 0 bridgehead atoms. The lowest BCUT2D eigenvalue weighted by atomic mass is 10.0. The lowest BCUT2D eigenvalue weighted by Gasteiger charge is -2.26. The predicted molar refractivity (Wildman–Crippen MR) is 141 cm³/mol. The number of nitrogens with one attached hydrogen (secondary N) is 2. The van der Waals surface area contributed by atoms with Crippen molar-refractivity contribution in [3.8, 4) is 11.3 Å². The maximum atomic E-state index is 11.4. The van der Waals surface area contributed by atoms with Gasteiger partial charge in [-0.25, -0.2) is 0 Å². The first-order chi connectivity index (χ1) is 16.5. The van der Waals surface area contributed by atoms with E-state index in [4.69, 9.17) is 16.6 Å². The number of halogens is 1. The number of hydrogen-bond donors (Lipinski definition) is 2. The van der Waals surface area contributed by atoms with Crippen molar-refractivity contribution < 1.29 is 9.21 Å². The lowest BCUT2D eigenvalue weighted by Crippen LogP contribution is -2.29. The highest BCUT2D eigenvalue weighted by molar-refractivity contribution is 9.10. The van der Waals surface area contributed by atoms with Crippen molar-refractivity contribution in [1.29, 1.82) is 0 Å². The Kier molecular flexibility index (Phi) is 6.17. The molecule has 2 atom stereocenters. The number of nitrogens with zero attached hydrogens (tertiary/aromatic N) is 2. The fourth-order valence-corrected chi connectivity index (χ4v) is 4.72. The van der Waals surface area contributed by atoms with E-state index in [1.165, 1.54) is 6.92 Å². The molecular weight excluding hydrogens is 512 g/mol. The summed E-state index contributed by atoms with van der Waals surface area (Å²) in [5.41, 5.74) is 3.47. The summed E-state index contributed by atoms with van der Waals surface area (Å²) in [4.78, 5) is 18.0. The van der Waals surface area contributed by atoms with Crippen LogP contribution in [0.2, 0.25) is 0 Å². The number of carbonyl (C=O) groups is 1. The molecule has 1 amide bonds. The zero-order valence-corrected chi connectivity index (χ0v) is 20.6. The third kappa shape index (κ3) is 4.47. The molecule has 4 aromatic rings. The van der Waals surface area contributed by atoms with E-state index in [1.54, 1.807) is 6.20 Å².